The minimum absolute atomic E-state index is 0.106. The number of carbonyl (C=O) groups is 1. The van der Waals surface area contributed by atoms with Gasteiger partial charge in [0.1, 0.15) is 5.75 Å². The Kier molecular flexibility index (Phi) is 13.0. The van der Waals surface area contributed by atoms with E-state index >= 15 is 0 Å². The average Bonchev–Trinajstić information content (AvgIpc) is 3.96. The second-order valence-electron chi connectivity index (χ2n) is 24.1. The molecule has 0 N–H and O–H groups in total. The first-order chi connectivity index (χ1) is 37.2. The van der Waals surface area contributed by atoms with Crippen LogP contribution in [-0.2, 0) is 21.8 Å². The SMILES string of the molecule is Cc1cc(-c2nc(-c3cc(C(C)(C)C)cc(C(C)(C)C)c3)nc(-c3ccc(-n4c5ccccc5c5cc(OC(=O)c6ccccc6)ccc54)c(C4=NC(c5ccccc5)=NC(C)(c5ccccc5)C4)c3)n2)cc(C(C)(C)C)c1. The summed E-state index contributed by atoms with van der Waals surface area (Å²) in [6.45, 7) is 24.6. The van der Waals surface area contributed by atoms with Crippen LogP contribution in [0.1, 0.15) is 125 Å². The van der Waals surface area contributed by atoms with Gasteiger partial charge in [0.15, 0.2) is 23.3 Å². The van der Waals surface area contributed by atoms with Crippen molar-refractivity contribution >= 4 is 39.3 Å². The molecule has 1 atom stereocenters. The topological polar surface area (TPSA) is 94.6 Å². The van der Waals surface area contributed by atoms with Gasteiger partial charge in [-0.1, -0.05) is 177 Å². The molecule has 0 saturated heterocycles. The van der Waals surface area contributed by atoms with Crippen molar-refractivity contribution in [1.29, 1.82) is 0 Å². The van der Waals surface area contributed by atoms with Crippen LogP contribution in [0.25, 0.3) is 61.7 Å². The molecular weight excluding hydrogens is 957 g/mol. The first-order valence-corrected chi connectivity index (χ1v) is 27.0. The van der Waals surface area contributed by atoms with Crippen LogP contribution in [0.4, 0.5) is 0 Å². The van der Waals surface area contributed by atoms with E-state index in [2.05, 4.69) is 190 Å². The Morgan fingerprint density at radius 2 is 1.05 bits per heavy atom. The minimum atomic E-state index is -0.679. The molecule has 388 valence electrons. The fraction of sp³-hybridized carbons (Fsp3) is 0.229. The molecule has 11 rings (SSSR count). The highest BCUT2D eigenvalue weighted by molar-refractivity contribution is 6.17. The highest BCUT2D eigenvalue weighted by Crippen LogP contribution is 2.42. The summed E-state index contributed by atoms with van der Waals surface area (Å²) in [7, 11) is 0. The molecule has 0 bridgehead atoms. The molecule has 8 nitrogen and oxygen atoms in total. The van der Waals surface area contributed by atoms with E-state index < -0.39 is 11.5 Å². The number of rotatable bonds is 9. The number of carbonyl (C=O) groups excluding carboxylic acids is 1. The van der Waals surface area contributed by atoms with Gasteiger partial charge in [0.25, 0.3) is 0 Å². The van der Waals surface area contributed by atoms with Gasteiger partial charge in [-0.25, -0.2) is 24.7 Å². The molecule has 3 heterocycles. The van der Waals surface area contributed by atoms with E-state index in [1.165, 1.54) is 16.7 Å². The number of amidine groups is 1. The van der Waals surface area contributed by atoms with E-state index in [1.807, 2.05) is 66.7 Å². The van der Waals surface area contributed by atoms with Crippen molar-refractivity contribution in [2.45, 2.75) is 104 Å². The quantitative estimate of drug-likeness (QED) is 0.106. The van der Waals surface area contributed by atoms with E-state index in [4.69, 9.17) is 29.7 Å². The molecule has 0 aliphatic carbocycles. The number of fused-ring (bicyclic) bond motifs is 3. The van der Waals surface area contributed by atoms with Gasteiger partial charge in [-0.05, 0) is 131 Å². The van der Waals surface area contributed by atoms with Gasteiger partial charge in [-0.2, -0.15) is 0 Å². The number of esters is 1. The Balaban J connectivity index is 1.18. The normalized spacial score (nSPS) is 15.1. The van der Waals surface area contributed by atoms with Gasteiger partial charge < -0.3 is 9.30 Å². The first kappa shape index (κ1) is 51.5. The zero-order valence-corrected chi connectivity index (χ0v) is 46.6. The Hall–Kier alpha value is -8.62. The molecule has 1 aliphatic rings. The third-order valence-electron chi connectivity index (χ3n) is 15.0. The third-order valence-corrected chi connectivity index (χ3v) is 15.0. The highest BCUT2D eigenvalue weighted by atomic mass is 16.5. The number of para-hydroxylation sites is 1. The summed E-state index contributed by atoms with van der Waals surface area (Å²) in [6, 6.07) is 64.2. The summed E-state index contributed by atoms with van der Waals surface area (Å²) in [5.74, 6) is 2.45. The van der Waals surface area contributed by atoms with E-state index in [0.29, 0.717) is 41.0 Å². The van der Waals surface area contributed by atoms with Crippen molar-refractivity contribution in [3.8, 4) is 45.6 Å². The summed E-state index contributed by atoms with van der Waals surface area (Å²) >= 11 is 0. The van der Waals surface area contributed by atoms with Gasteiger partial charge in [0.2, 0.25) is 0 Å². The third kappa shape index (κ3) is 10.2. The molecule has 2 aromatic heterocycles. The Bertz CT molecular complexity index is 3970. The molecule has 0 radical (unpaired) electrons. The number of hydrogen-bond acceptors (Lipinski definition) is 7. The monoisotopic (exact) mass is 1020 g/mol. The van der Waals surface area contributed by atoms with E-state index in [0.717, 1.165) is 72.1 Å². The average molecular weight is 1020 g/mol. The van der Waals surface area contributed by atoms with Crippen molar-refractivity contribution in [2.24, 2.45) is 9.98 Å². The molecule has 1 unspecified atom stereocenters. The zero-order chi connectivity index (χ0) is 54.7. The van der Waals surface area contributed by atoms with E-state index in [-0.39, 0.29) is 16.2 Å². The van der Waals surface area contributed by atoms with Gasteiger partial charge in [-0.15, -0.1) is 0 Å². The number of benzene rings is 8. The molecule has 0 fully saturated rings. The molecule has 0 spiro atoms. The van der Waals surface area contributed by atoms with Crippen LogP contribution in [0.5, 0.6) is 5.75 Å². The number of aliphatic imine (C=N–C) groups is 2. The van der Waals surface area contributed by atoms with Gasteiger partial charge in [-0.3, -0.25) is 4.99 Å². The second kappa shape index (κ2) is 19.7. The predicted molar refractivity (Wildman–Crippen MR) is 321 cm³/mol. The lowest BCUT2D eigenvalue weighted by atomic mass is 9.79. The Morgan fingerprint density at radius 3 is 1.68 bits per heavy atom. The van der Waals surface area contributed by atoms with Gasteiger partial charge in [0.05, 0.1) is 33.5 Å². The molecule has 8 heteroatoms. The Labute approximate surface area is 458 Å². The molecule has 1 aliphatic heterocycles. The summed E-state index contributed by atoms with van der Waals surface area (Å²) in [5.41, 5.74) is 13.5. The van der Waals surface area contributed by atoms with Crippen LogP contribution in [0.15, 0.2) is 198 Å². The lowest BCUT2D eigenvalue weighted by molar-refractivity contribution is 0.0735. The first-order valence-electron chi connectivity index (χ1n) is 27.0. The molecule has 8 aromatic carbocycles. The second-order valence-corrected chi connectivity index (χ2v) is 24.1. The number of nitrogens with zero attached hydrogens (tertiary/aromatic N) is 6. The standard InChI is InChI=1S/C70H66N6O2/c1-44-35-48(37-51(36-44)67(2,3)4)63-72-62(73-64(74-63)49-38-52(68(5,6)7)41-53(39-49)69(8,9)10)47-31-33-61(57(40-47)58-43-70(11,50-27-19-14-20-28-50)75-65(71-58)45-23-15-12-16-24-45)76-59-30-22-21-29-55(59)56-42-54(32-34-60(56)76)78-66(77)46-25-17-13-18-26-46/h12-42H,43H2,1-11H3. The predicted octanol–water partition coefficient (Wildman–Crippen LogP) is 16.9. The lowest BCUT2D eigenvalue weighted by Crippen LogP contribution is -2.30. The van der Waals surface area contributed by atoms with Crippen molar-refractivity contribution < 1.29 is 9.53 Å². The summed E-state index contributed by atoms with van der Waals surface area (Å²) in [5, 5.41) is 1.95. The minimum Gasteiger partial charge on any atom is -0.423 e. The van der Waals surface area contributed by atoms with E-state index in [1.54, 1.807) is 12.1 Å². The fourth-order valence-corrected chi connectivity index (χ4v) is 10.5. The van der Waals surface area contributed by atoms with Crippen molar-refractivity contribution in [1.82, 2.24) is 19.5 Å². The maximum Gasteiger partial charge on any atom is 0.343 e. The highest BCUT2D eigenvalue weighted by Gasteiger charge is 2.35. The maximum absolute atomic E-state index is 13.4. The maximum atomic E-state index is 13.4. The van der Waals surface area contributed by atoms with E-state index in [9.17, 15) is 4.79 Å². The fourth-order valence-electron chi connectivity index (χ4n) is 10.5. The molecule has 78 heavy (non-hydrogen) atoms. The number of aromatic nitrogens is 4. The van der Waals surface area contributed by atoms with Crippen molar-refractivity contribution in [3.05, 3.63) is 233 Å². The number of hydrogen-bond donors (Lipinski definition) is 0. The van der Waals surface area contributed by atoms with Gasteiger partial charge >= 0.3 is 5.97 Å². The number of ether oxygens (including phenoxy) is 1. The Morgan fingerprint density at radius 1 is 0.513 bits per heavy atom. The smallest absolute Gasteiger partial charge is 0.343 e. The van der Waals surface area contributed by atoms with Crippen molar-refractivity contribution in [3.63, 3.8) is 0 Å². The number of aryl methyl sites for hydroxylation is 1. The van der Waals surface area contributed by atoms with Crippen LogP contribution in [0.3, 0.4) is 0 Å². The van der Waals surface area contributed by atoms with Crippen LogP contribution in [0.2, 0.25) is 0 Å². The largest absolute Gasteiger partial charge is 0.423 e. The van der Waals surface area contributed by atoms with Crippen molar-refractivity contribution in [2.75, 3.05) is 0 Å². The zero-order valence-electron chi connectivity index (χ0n) is 46.6. The lowest BCUT2D eigenvalue weighted by Gasteiger charge is -2.32. The molecule has 0 amide bonds. The molecule has 10 aromatic rings. The van der Waals surface area contributed by atoms with Crippen LogP contribution >= 0.6 is 0 Å². The summed E-state index contributed by atoms with van der Waals surface area (Å²) in [4.78, 5) is 40.8. The van der Waals surface area contributed by atoms with Crippen LogP contribution < -0.4 is 4.74 Å². The van der Waals surface area contributed by atoms with Crippen LogP contribution in [0, 0.1) is 6.92 Å². The summed E-state index contributed by atoms with van der Waals surface area (Å²) < 4.78 is 8.34. The molecular formula is C70H66N6O2. The van der Waals surface area contributed by atoms with Crippen LogP contribution in [-0.4, -0.2) is 37.0 Å². The molecule has 0 saturated carbocycles. The summed E-state index contributed by atoms with van der Waals surface area (Å²) in [6.07, 6.45) is 0.502. The van der Waals surface area contributed by atoms with Gasteiger partial charge in [0, 0.05) is 45.0 Å².